The van der Waals surface area contributed by atoms with Gasteiger partial charge in [0.2, 0.25) is 0 Å². The van der Waals surface area contributed by atoms with E-state index in [-0.39, 0.29) is 24.5 Å². The van der Waals surface area contributed by atoms with E-state index in [0.29, 0.717) is 18.1 Å². The van der Waals surface area contributed by atoms with E-state index in [0.717, 1.165) is 60.0 Å². The molecule has 1 amide bonds. The van der Waals surface area contributed by atoms with Crippen LogP contribution in [0.25, 0.3) is 5.57 Å². The number of benzene rings is 1. The summed E-state index contributed by atoms with van der Waals surface area (Å²) in [6, 6.07) is 5.78. The number of amides is 1. The summed E-state index contributed by atoms with van der Waals surface area (Å²) in [7, 11) is -3.61. The van der Waals surface area contributed by atoms with Gasteiger partial charge in [-0.25, -0.2) is 4.79 Å². The third kappa shape index (κ3) is 6.35. The summed E-state index contributed by atoms with van der Waals surface area (Å²) in [6.07, 6.45) is 7.39. The number of nitrogens with zero attached hydrogens (tertiary/aromatic N) is 2. The fourth-order valence-electron chi connectivity index (χ4n) is 5.01. The van der Waals surface area contributed by atoms with Gasteiger partial charge in [0.05, 0.1) is 12.9 Å². The Hall–Kier alpha value is -2.16. The smallest absolute Gasteiger partial charge is 0.410 e. The molecule has 7 nitrogen and oxygen atoms in total. The van der Waals surface area contributed by atoms with E-state index in [1.807, 2.05) is 45.0 Å². The van der Waals surface area contributed by atoms with Crippen LogP contribution in [-0.4, -0.2) is 63.2 Å². The zero-order chi connectivity index (χ0) is 25.4. The van der Waals surface area contributed by atoms with Gasteiger partial charge in [-0.15, -0.1) is 0 Å². The van der Waals surface area contributed by atoms with Crippen molar-refractivity contribution in [1.82, 2.24) is 4.90 Å². The number of rotatable bonds is 4. The summed E-state index contributed by atoms with van der Waals surface area (Å²) in [6.45, 7) is 7.50. The van der Waals surface area contributed by atoms with Crippen molar-refractivity contribution in [3.8, 4) is 0 Å². The summed E-state index contributed by atoms with van der Waals surface area (Å²) in [5, 5.41) is 0.577. The van der Waals surface area contributed by atoms with Crippen LogP contribution in [0.5, 0.6) is 0 Å². The lowest BCUT2D eigenvalue weighted by Gasteiger charge is -2.38. The standard InChI is InChI=1S/C26H33ClN2O5S/c1-26(2,3)34-25(30)29-12-9-17(10-13-29)23-21-8-7-20(27)15-22(21)19(16-33-35(4,31)32)14-18-6-5-11-28-24(18)23/h6-8,14-15,17,23H,5,9-13,16H2,1-4H3. The average Bonchev–Trinajstić information content (AvgIpc) is 2.90. The molecule has 1 aromatic carbocycles. The summed E-state index contributed by atoms with van der Waals surface area (Å²) < 4.78 is 34.3. The molecular formula is C26H33ClN2O5S. The largest absolute Gasteiger partial charge is 0.444 e. The number of hydrogen-bond donors (Lipinski definition) is 0. The second-order valence-electron chi connectivity index (χ2n) is 10.4. The van der Waals surface area contributed by atoms with Crippen molar-refractivity contribution in [1.29, 1.82) is 0 Å². The van der Waals surface area contributed by atoms with Gasteiger partial charge >= 0.3 is 6.09 Å². The number of piperidine rings is 1. The van der Waals surface area contributed by atoms with Gasteiger partial charge in [-0.3, -0.25) is 9.18 Å². The quantitative estimate of drug-likeness (QED) is 0.508. The second kappa shape index (κ2) is 10.1. The van der Waals surface area contributed by atoms with Crippen molar-refractivity contribution in [2.75, 3.05) is 32.5 Å². The first kappa shape index (κ1) is 25.9. The molecule has 1 atom stereocenters. The van der Waals surface area contributed by atoms with Gasteiger partial charge in [-0.2, -0.15) is 8.42 Å². The molecule has 190 valence electrons. The van der Waals surface area contributed by atoms with Crippen LogP contribution in [0.2, 0.25) is 5.02 Å². The fourth-order valence-corrected chi connectivity index (χ4v) is 5.52. The SMILES string of the molecule is CC(C)(C)OC(=O)N1CCC(C2C3=NCCC=C3C=C(COS(C)(=O)=O)c3cc(Cl)ccc32)CC1. The number of likely N-dealkylation sites (tertiary alicyclic amines) is 1. The minimum Gasteiger partial charge on any atom is -0.444 e. The van der Waals surface area contributed by atoms with Gasteiger partial charge in [0, 0.05) is 36.3 Å². The molecule has 0 radical (unpaired) electrons. The fraction of sp³-hybridized carbons (Fsp3) is 0.538. The first-order chi connectivity index (χ1) is 16.4. The summed E-state index contributed by atoms with van der Waals surface area (Å²) >= 11 is 6.39. The predicted octanol–water partition coefficient (Wildman–Crippen LogP) is 5.22. The maximum atomic E-state index is 12.6. The first-order valence-corrected chi connectivity index (χ1v) is 14.2. The number of fused-ring (bicyclic) bond motifs is 2. The van der Waals surface area contributed by atoms with Crippen LogP contribution in [0.1, 0.15) is 57.1 Å². The zero-order valence-corrected chi connectivity index (χ0v) is 22.3. The van der Waals surface area contributed by atoms with Crippen LogP contribution >= 0.6 is 11.6 Å². The molecule has 1 unspecified atom stereocenters. The molecule has 0 N–H and O–H groups in total. The van der Waals surface area contributed by atoms with E-state index in [9.17, 15) is 13.2 Å². The van der Waals surface area contributed by atoms with Crippen LogP contribution in [0.15, 0.2) is 40.9 Å². The lowest BCUT2D eigenvalue weighted by Crippen LogP contribution is -2.43. The third-order valence-corrected chi connectivity index (χ3v) is 7.26. The Labute approximate surface area is 213 Å². The van der Waals surface area contributed by atoms with Gasteiger partial charge in [0.15, 0.2) is 0 Å². The van der Waals surface area contributed by atoms with E-state index < -0.39 is 15.7 Å². The zero-order valence-electron chi connectivity index (χ0n) is 20.7. The molecule has 1 fully saturated rings. The highest BCUT2D eigenvalue weighted by atomic mass is 35.5. The molecule has 35 heavy (non-hydrogen) atoms. The molecule has 1 aliphatic carbocycles. The first-order valence-electron chi connectivity index (χ1n) is 12.0. The Morgan fingerprint density at radius 3 is 2.60 bits per heavy atom. The lowest BCUT2D eigenvalue weighted by molar-refractivity contribution is 0.0181. The van der Waals surface area contributed by atoms with Gasteiger partial charge < -0.3 is 9.64 Å². The molecule has 0 aromatic heterocycles. The summed E-state index contributed by atoms with van der Waals surface area (Å²) in [5.74, 6) is 0.277. The highest BCUT2D eigenvalue weighted by Crippen LogP contribution is 2.43. The highest BCUT2D eigenvalue weighted by molar-refractivity contribution is 7.86. The number of ether oxygens (including phenoxy) is 1. The van der Waals surface area contributed by atoms with Crippen molar-refractivity contribution >= 4 is 39.1 Å². The number of halogens is 1. The Morgan fingerprint density at radius 1 is 1.23 bits per heavy atom. The van der Waals surface area contributed by atoms with Crippen molar-refractivity contribution in [2.24, 2.45) is 10.9 Å². The molecule has 0 bridgehead atoms. The van der Waals surface area contributed by atoms with Crippen LogP contribution in [0.4, 0.5) is 4.79 Å². The number of hydrogen-bond acceptors (Lipinski definition) is 6. The Kier molecular flexibility index (Phi) is 7.46. The molecule has 4 rings (SSSR count). The Balaban J connectivity index is 1.66. The monoisotopic (exact) mass is 520 g/mol. The van der Waals surface area contributed by atoms with Crippen molar-refractivity contribution in [3.05, 3.63) is 52.1 Å². The number of carbonyl (C=O) groups is 1. The van der Waals surface area contributed by atoms with Crippen LogP contribution in [0, 0.1) is 5.92 Å². The summed E-state index contributed by atoms with van der Waals surface area (Å²) in [5.41, 5.74) is 4.22. The highest BCUT2D eigenvalue weighted by Gasteiger charge is 2.37. The molecule has 2 aliphatic heterocycles. The Morgan fingerprint density at radius 2 is 1.94 bits per heavy atom. The van der Waals surface area contributed by atoms with Crippen LogP contribution in [0.3, 0.4) is 0 Å². The normalized spacial score (nSPS) is 21.2. The number of aliphatic imine (C=N–C) groups is 1. The molecular weight excluding hydrogens is 488 g/mol. The molecule has 1 saturated heterocycles. The minimum absolute atomic E-state index is 0.0154. The molecule has 0 spiro atoms. The van der Waals surface area contributed by atoms with E-state index in [1.54, 1.807) is 4.90 Å². The van der Waals surface area contributed by atoms with Gasteiger partial charge in [0.1, 0.15) is 5.60 Å². The molecule has 1 aromatic rings. The molecule has 3 aliphatic rings. The Bertz CT molecular complexity index is 1190. The topological polar surface area (TPSA) is 85.3 Å². The van der Waals surface area contributed by atoms with Crippen LogP contribution < -0.4 is 0 Å². The number of allylic oxidation sites excluding steroid dienone is 2. The molecule has 0 saturated carbocycles. The average molecular weight is 521 g/mol. The number of carbonyl (C=O) groups excluding carboxylic acids is 1. The van der Waals surface area contributed by atoms with Gasteiger partial charge in [-0.1, -0.05) is 23.7 Å². The lowest BCUT2D eigenvalue weighted by atomic mass is 9.74. The minimum atomic E-state index is -3.61. The van der Waals surface area contributed by atoms with E-state index >= 15 is 0 Å². The maximum absolute atomic E-state index is 12.6. The molecule has 9 heteroatoms. The van der Waals surface area contributed by atoms with Crippen molar-refractivity contribution in [3.63, 3.8) is 0 Å². The third-order valence-electron chi connectivity index (χ3n) is 6.48. The maximum Gasteiger partial charge on any atom is 0.410 e. The van der Waals surface area contributed by atoms with E-state index in [4.69, 9.17) is 25.5 Å². The van der Waals surface area contributed by atoms with Gasteiger partial charge in [-0.05, 0) is 86.4 Å². The molecule has 2 heterocycles. The summed E-state index contributed by atoms with van der Waals surface area (Å²) in [4.78, 5) is 19.3. The van der Waals surface area contributed by atoms with Gasteiger partial charge in [0.25, 0.3) is 10.1 Å². The second-order valence-corrected chi connectivity index (χ2v) is 12.4. The number of dihydropyridines is 1. The van der Waals surface area contributed by atoms with E-state index in [1.165, 1.54) is 0 Å². The van der Waals surface area contributed by atoms with Crippen molar-refractivity contribution in [2.45, 2.75) is 51.6 Å². The predicted molar refractivity (Wildman–Crippen MR) is 138 cm³/mol. The van der Waals surface area contributed by atoms with Crippen LogP contribution in [-0.2, 0) is 19.0 Å². The van der Waals surface area contributed by atoms with Crippen molar-refractivity contribution < 1.29 is 22.1 Å². The van der Waals surface area contributed by atoms with E-state index in [2.05, 4.69) is 6.08 Å².